The van der Waals surface area contributed by atoms with Crippen molar-refractivity contribution in [2.45, 2.75) is 64.6 Å². The molecule has 7 heteroatoms. The van der Waals surface area contributed by atoms with Crippen molar-refractivity contribution in [3.05, 3.63) is 54.4 Å². The number of hydrogen-bond donors (Lipinski definition) is 2. The van der Waals surface area contributed by atoms with Crippen molar-refractivity contribution in [3.63, 3.8) is 0 Å². The molecule has 0 spiro atoms. The number of halogens is 1. The summed E-state index contributed by atoms with van der Waals surface area (Å²) in [6.07, 6.45) is 6.37. The average molecular weight is 438 g/mol. The summed E-state index contributed by atoms with van der Waals surface area (Å²) >= 11 is 0. The zero-order valence-electron chi connectivity index (χ0n) is 19.7. The molecular formula is C25H32FN5O. The van der Waals surface area contributed by atoms with Crippen LogP contribution >= 0.6 is 0 Å². The van der Waals surface area contributed by atoms with Crippen molar-refractivity contribution < 1.29 is 8.81 Å². The molecule has 1 fully saturated rings. The monoisotopic (exact) mass is 437 g/mol. The topological polar surface area (TPSA) is 66.2 Å². The fraction of sp³-hybridized carbons (Fsp3) is 0.440. The van der Waals surface area contributed by atoms with Crippen molar-refractivity contribution in [2.75, 3.05) is 17.7 Å². The molecule has 1 saturated heterocycles. The lowest BCUT2D eigenvalue weighted by Crippen LogP contribution is -2.61. The summed E-state index contributed by atoms with van der Waals surface area (Å²) in [5.41, 5.74) is 4.00. The first-order valence-electron chi connectivity index (χ1n) is 11.0. The van der Waals surface area contributed by atoms with Crippen LogP contribution in [0.2, 0.25) is 0 Å². The van der Waals surface area contributed by atoms with Crippen LogP contribution in [-0.4, -0.2) is 39.0 Å². The number of aryl methyl sites for hydroxylation is 1. The van der Waals surface area contributed by atoms with Crippen LogP contribution in [0.5, 0.6) is 0 Å². The summed E-state index contributed by atoms with van der Waals surface area (Å²) < 4.78 is 19.8. The van der Waals surface area contributed by atoms with Crippen LogP contribution in [0.4, 0.5) is 21.8 Å². The van der Waals surface area contributed by atoms with E-state index in [4.69, 9.17) is 4.42 Å². The molecule has 2 N–H and O–H groups in total. The van der Waals surface area contributed by atoms with E-state index in [1.54, 1.807) is 12.5 Å². The summed E-state index contributed by atoms with van der Waals surface area (Å²) in [5.74, 6) is 0.126. The Morgan fingerprint density at radius 3 is 2.50 bits per heavy atom. The third kappa shape index (κ3) is 4.48. The van der Waals surface area contributed by atoms with Crippen LogP contribution in [-0.2, 0) is 0 Å². The van der Waals surface area contributed by atoms with Crippen molar-refractivity contribution >= 4 is 17.5 Å². The van der Waals surface area contributed by atoms with E-state index >= 15 is 0 Å². The Hall–Kier alpha value is -2.93. The van der Waals surface area contributed by atoms with Crippen LogP contribution in [0.3, 0.4) is 0 Å². The van der Waals surface area contributed by atoms with E-state index in [-0.39, 0.29) is 22.9 Å². The van der Waals surface area contributed by atoms with E-state index in [0.29, 0.717) is 5.95 Å². The summed E-state index contributed by atoms with van der Waals surface area (Å²) in [6, 6.07) is 8.03. The van der Waals surface area contributed by atoms with E-state index in [1.165, 1.54) is 6.20 Å². The standard InChI is InChI=1S/C25H32FN5O/c1-16-7-8-18(11-20(16)17-9-10-32-15-17)29-23-27-14-21(26)22(30-23)28-19-12-24(2,3)31(6)25(4,5)13-19/h7-11,14-15,19H,12-13H2,1-6H3,(H2,27,28,29,30). The molecule has 1 aliphatic rings. The second-order valence-electron chi connectivity index (χ2n) is 9.99. The molecule has 0 aliphatic carbocycles. The van der Waals surface area contributed by atoms with E-state index in [0.717, 1.165) is 35.2 Å². The molecule has 0 atom stereocenters. The minimum atomic E-state index is -0.451. The van der Waals surface area contributed by atoms with Gasteiger partial charge in [-0.15, -0.1) is 0 Å². The molecule has 170 valence electrons. The Labute approximate surface area is 189 Å². The van der Waals surface area contributed by atoms with E-state index < -0.39 is 5.82 Å². The Balaban J connectivity index is 1.55. The van der Waals surface area contributed by atoms with Gasteiger partial charge in [0.15, 0.2) is 11.6 Å². The highest BCUT2D eigenvalue weighted by atomic mass is 19.1. The van der Waals surface area contributed by atoms with Crippen LogP contribution in [0, 0.1) is 12.7 Å². The third-order valence-electron chi connectivity index (χ3n) is 6.72. The predicted molar refractivity (Wildman–Crippen MR) is 127 cm³/mol. The van der Waals surface area contributed by atoms with Gasteiger partial charge in [0.25, 0.3) is 0 Å². The normalized spacial score (nSPS) is 18.5. The summed E-state index contributed by atoms with van der Waals surface area (Å²) in [5, 5.41) is 6.55. The van der Waals surface area contributed by atoms with Gasteiger partial charge in [0.2, 0.25) is 5.95 Å². The average Bonchev–Trinajstić information content (AvgIpc) is 3.24. The zero-order chi connectivity index (χ0) is 23.1. The van der Waals surface area contributed by atoms with E-state index in [2.05, 4.69) is 60.2 Å². The van der Waals surface area contributed by atoms with Gasteiger partial charge in [0, 0.05) is 28.4 Å². The van der Waals surface area contributed by atoms with Gasteiger partial charge in [0.05, 0.1) is 18.7 Å². The number of nitrogens with one attached hydrogen (secondary N) is 2. The first kappa shape index (κ1) is 22.3. The minimum absolute atomic E-state index is 0.00458. The summed E-state index contributed by atoms with van der Waals surface area (Å²) in [6.45, 7) is 10.9. The number of rotatable bonds is 5. The fourth-order valence-electron chi connectivity index (χ4n) is 4.75. The van der Waals surface area contributed by atoms with E-state index in [1.807, 2.05) is 31.2 Å². The molecule has 32 heavy (non-hydrogen) atoms. The highest BCUT2D eigenvalue weighted by molar-refractivity contribution is 5.72. The number of benzene rings is 1. The smallest absolute Gasteiger partial charge is 0.229 e. The number of anilines is 3. The minimum Gasteiger partial charge on any atom is -0.472 e. The van der Waals surface area contributed by atoms with Crippen molar-refractivity contribution in [2.24, 2.45) is 0 Å². The van der Waals surface area contributed by atoms with Crippen LogP contribution in [0.1, 0.15) is 46.1 Å². The lowest BCUT2D eigenvalue weighted by molar-refractivity contribution is -0.00778. The number of aromatic nitrogens is 2. The van der Waals surface area contributed by atoms with Crippen molar-refractivity contribution in [1.82, 2.24) is 14.9 Å². The summed E-state index contributed by atoms with van der Waals surface area (Å²) in [4.78, 5) is 11.0. The molecule has 0 unspecified atom stereocenters. The maximum atomic E-state index is 14.6. The number of nitrogens with zero attached hydrogens (tertiary/aromatic N) is 3. The SMILES string of the molecule is Cc1ccc(Nc2ncc(F)c(NC3CC(C)(C)N(C)C(C)(C)C3)n2)cc1-c1ccoc1. The molecule has 1 aromatic carbocycles. The van der Waals surface area contributed by atoms with Crippen molar-refractivity contribution in [1.29, 1.82) is 0 Å². The molecule has 4 rings (SSSR count). The van der Waals surface area contributed by atoms with Crippen molar-refractivity contribution in [3.8, 4) is 11.1 Å². The van der Waals surface area contributed by atoms with Gasteiger partial charge >= 0.3 is 0 Å². The maximum absolute atomic E-state index is 14.6. The van der Waals surface area contributed by atoms with Gasteiger partial charge in [-0.05, 0) is 83.8 Å². The third-order valence-corrected chi connectivity index (χ3v) is 6.72. The first-order chi connectivity index (χ1) is 15.0. The number of furan rings is 1. The molecule has 6 nitrogen and oxygen atoms in total. The Morgan fingerprint density at radius 1 is 1.12 bits per heavy atom. The molecule has 2 aromatic heterocycles. The molecule has 3 heterocycles. The molecule has 0 saturated carbocycles. The quantitative estimate of drug-likeness (QED) is 0.511. The molecule has 1 aliphatic heterocycles. The predicted octanol–water partition coefficient (Wildman–Crippen LogP) is 5.99. The summed E-state index contributed by atoms with van der Waals surface area (Å²) in [7, 11) is 2.16. The van der Waals surface area contributed by atoms with E-state index in [9.17, 15) is 4.39 Å². The van der Waals surface area contributed by atoms with Gasteiger partial charge in [-0.1, -0.05) is 6.07 Å². The number of piperidine rings is 1. The van der Waals surface area contributed by atoms with Crippen LogP contribution in [0.15, 0.2) is 47.4 Å². The molecule has 3 aromatic rings. The molecule has 0 amide bonds. The largest absolute Gasteiger partial charge is 0.472 e. The number of likely N-dealkylation sites (tertiary alicyclic amines) is 1. The zero-order valence-corrected chi connectivity index (χ0v) is 19.7. The van der Waals surface area contributed by atoms with Gasteiger partial charge in [-0.3, -0.25) is 4.90 Å². The lowest BCUT2D eigenvalue weighted by Gasteiger charge is -2.53. The first-order valence-corrected chi connectivity index (χ1v) is 11.0. The fourth-order valence-corrected chi connectivity index (χ4v) is 4.75. The Morgan fingerprint density at radius 2 is 1.84 bits per heavy atom. The highest BCUT2D eigenvalue weighted by Crippen LogP contribution is 2.38. The Kier molecular flexibility index (Phi) is 5.71. The van der Waals surface area contributed by atoms with Gasteiger partial charge in [-0.25, -0.2) is 9.37 Å². The molecular weight excluding hydrogens is 405 g/mol. The maximum Gasteiger partial charge on any atom is 0.229 e. The second kappa shape index (κ2) is 8.20. The highest BCUT2D eigenvalue weighted by Gasteiger charge is 2.43. The molecule has 0 radical (unpaired) electrons. The van der Waals surface area contributed by atoms with Crippen LogP contribution < -0.4 is 10.6 Å². The second-order valence-corrected chi connectivity index (χ2v) is 9.99. The Bertz CT molecular complexity index is 1080. The molecule has 0 bridgehead atoms. The number of hydrogen-bond acceptors (Lipinski definition) is 6. The lowest BCUT2D eigenvalue weighted by atomic mass is 9.77. The van der Waals surface area contributed by atoms with Gasteiger partial charge in [-0.2, -0.15) is 4.98 Å². The van der Waals surface area contributed by atoms with Gasteiger partial charge < -0.3 is 15.1 Å². The van der Waals surface area contributed by atoms with Crippen LogP contribution in [0.25, 0.3) is 11.1 Å². The van der Waals surface area contributed by atoms with Gasteiger partial charge in [0.1, 0.15) is 0 Å².